The van der Waals surface area contributed by atoms with Crippen LogP contribution in [0.2, 0.25) is 0 Å². The van der Waals surface area contributed by atoms with E-state index in [1.807, 2.05) is 4.90 Å². The number of alkyl halides is 3. The van der Waals surface area contributed by atoms with Gasteiger partial charge in [0.15, 0.2) is 5.71 Å². The molecule has 5 nitrogen and oxygen atoms in total. The van der Waals surface area contributed by atoms with Crippen molar-refractivity contribution in [3.63, 3.8) is 0 Å². The first kappa shape index (κ1) is 19.8. The Labute approximate surface area is 173 Å². The highest BCUT2D eigenvalue weighted by atomic mass is 79.9. The second kappa shape index (κ2) is 7.70. The summed E-state index contributed by atoms with van der Waals surface area (Å²) < 4.78 is 47.1. The van der Waals surface area contributed by atoms with Gasteiger partial charge >= 0.3 is 6.18 Å². The highest BCUT2D eigenvalue weighted by Crippen LogP contribution is 2.36. The second-order valence-corrected chi connectivity index (χ2v) is 7.66. The van der Waals surface area contributed by atoms with Crippen LogP contribution in [-0.4, -0.2) is 30.9 Å². The number of amides is 1. The molecule has 2 aliphatic heterocycles. The molecule has 0 unspecified atom stereocenters. The average molecular weight is 468 g/mol. The minimum Gasteiger partial charge on any atom is -0.440 e. The van der Waals surface area contributed by atoms with Crippen LogP contribution in [-0.2, 0) is 4.79 Å². The van der Waals surface area contributed by atoms with Crippen LogP contribution in [0.1, 0.15) is 25.0 Å². The third kappa shape index (κ3) is 3.96. The number of rotatable bonds is 3. The number of nitrogens with zero attached hydrogens (tertiary/aromatic N) is 3. The molecule has 4 rings (SSSR count). The second-order valence-electron chi connectivity index (χ2n) is 6.81. The van der Waals surface area contributed by atoms with Crippen LogP contribution in [0.3, 0.4) is 0 Å². The first-order valence-electron chi connectivity index (χ1n) is 9.16. The SMILES string of the molecule is O=C1/C(=C\c2cc(Br)c(N3CCCCC3)o2)C(C(F)(F)F)=NN1c1ccccc1. The van der Waals surface area contributed by atoms with E-state index in [0.29, 0.717) is 10.4 Å². The zero-order chi connectivity index (χ0) is 20.6. The van der Waals surface area contributed by atoms with Crippen molar-refractivity contribution in [1.29, 1.82) is 0 Å². The van der Waals surface area contributed by atoms with E-state index in [0.717, 1.165) is 43.4 Å². The summed E-state index contributed by atoms with van der Waals surface area (Å²) in [6, 6.07) is 9.58. The van der Waals surface area contributed by atoms with E-state index in [1.165, 1.54) is 12.1 Å². The summed E-state index contributed by atoms with van der Waals surface area (Å²) in [5.41, 5.74) is -1.52. The monoisotopic (exact) mass is 467 g/mol. The molecule has 0 radical (unpaired) electrons. The van der Waals surface area contributed by atoms with Gasteiger partial charge in [-0.25, -0.2) is 0 Å². The zero-order valence-electron chi connectivity index (χ0n) is 15.2. The Bertz CT molecular complexity index is 977. The Balaban J connectivity index is 1.70. The summed E-state index contributed by atoms with van der Waals surface area (Å²) in [6.45, 7) is 1.64. The maximum Gasteiger partial charge on any atom is 0.435 e. The number of anilines is 2. The number of piperidine rings is 1. The Kier molecular flexibility index (Phi) is 5.24. The smallest absolute Gasteiger partial charge is 0.435 e. The Hall–Kier alpha value is -2.55. The molecule has 1 aromatic heterocycles. The Morgan fingerprint density at radius 1 is 1.10 bits per heavy atom. The summed E-state index contributed by atoms with van der Waals surface area (Å²) in [6.07, 6.45) is -0.473. The minimum absolute atomic E-state index is 0.160. The number of benzene rings is 1. The normalized spacial score (nSPS) is 19.2. The number of halogens is 4. The van der Waals surface area contributed by atoms with Gasteiger partial charge in [-0.2, -0.15) is 23.3 Å². The maximum atomic E-state index is 13.6. The molecule has 0 saturated carbocycles. The van der Waals surface area contributed by atoms with Crippen molar-refractivity contribution in [1.82, 2.24) is 0 Å². The molecular formula is C20H17BrF3N3O2. The van der Waals surface area contributed by atoms with Crippen LogP contribution in [0.25, 0.3) is 6.08 Å². The van der Waals surface area contributed by atoms with Crippen LogP contribution in [0.4, 0.5) is 24.7 Å². The third-order valence-corrected chi connectivity index (χ3v) is 5.33. The van der Waals surface area contributed by atoms with E-state index < -0.39 is 23.4 Å². The Morgan fingerprint density at radius 3 is 2.45 bits per heavy atom. The van der Waals surface area contributed by atoms with Gasteiger partial charge in [0.25, 0.3) is 5.91 Å². The van der Waals surface area contributed by atoms with E-state index in [-0.39, 0.29) is 11.4 Å². The molecule has 9 heteroatoms. The molecule has 29 heavy (non-hydrogen) atoms. The lowest BCUT2D eigenvalue weighted by molar-refractivity contribution is -0.114. The lowest BCUT2D eigenvalue weighted by Crippen LogP contribution is -2.29. The summed E-state index contributed by atoms with van der Waals surface area (Å²) in [7, 11) is 0. The maximum absolute atomic E-state index is 13.6. The highest BCUT2D eigenvalue weighted by molar-refractivity contribution is 9.10. The first-order valence-corrected chi connectivity index (χ1v) is 9.95. The van der Waals surface area contributed by atoms with Crippen LogP contribution >= 0.6 is 15.9 Å². The van der Waals surface area contributed by atoms with Crippen LogP contribution in [0, 0.1) is 0 Å². The molecular weight excluding hydrogens is 451 g/mol. The molecule has 0 N–H and O–H groups in total. The first-order chi connectivity index (χ1) is 13.8. The van der Waals surface area contributed by atoms with Gasteiger partial charge in [-0.1, -0.05) is 18.2 Å². The van der Waals surface area contributed by atoms with Crippen molar-refractivity contribution in [2.24, 2.45) is 5.10 Å². The van der Waals surface area contributed by atoms with Gasteiger partial charge < -0.3 is 9.32 Å². The van der Waals surface area contributed by atoms with Crippen molar-refractivity contribution in [2.45, 2.75) is 25.4 Å². The number of carbonyl (C=O) groups is 1. The molecule has 2 aliphatic rings. The molecule has 1 aromatic carbocycles. The van der Waals surface area contributed by atoms with Crippen molar-refractivity contribution >= 4 is 45.2 Å². The van der Waals surface area contributed by atoms with E-state index in [4.69, 9.17) is 4.42 Å². The highest BCUT2D eigenvalue weighted by Gasteiger charge is 2.47. The fourth-order valence-electron chi connectivity index (χ4n) is 3.40. The van der Waals surface area contributed by atoms with Crippen molar-refractivity contribution in [3.8, 4) is 0 Å². The molecule has 0 aliphatic carbocycles. The summed E-state index contributed by atoms with van der Waals surface area (Å²) >= 11 is 3.41. The molecule has 152 valence electrons. The standard InChI is InChI=1S/C20H17BrF3N3O2/c21-16-12-14(29-19(16)26-9-5-2-6-10-26)11-15-17(20(22,23)24)25-27(18(15)28)13-7-3-1-4-8-13/h1,3-4,7-8,11-12H,2,5-6,9-10H2/b15-11-. The zero-order valence-corrected chi connectivity index (χ0v) is 16.8. The van der Waals surface area contributed by atoms with E-state index in [1.54, 1.807) is 24.3 Å². The van der Waals surface area contributed by atoms with Gasteiger partial charge in [0, 0.05) is 19.2 Å². The van der Waals surface area contributed by atoms with Crippen LogP contribution in [0.15, 0.2) is 56.0 Å². The fourth-order valence-corrected chi connectivity index (χ4v) is 3.96. The predicted molar refractivity (Wildman–Crippen MR) is 108 cm³/mol. The number of para-hydroxylation sites is 1. The van der Waals surface area contributed by atoms with Gasteiger partial charge in [0.1, 0.15) is 5.76 Å². The molecule has 2 aromatic rings. The molecule has 1 amide bonds. The van der Waals surface area contributed by atoms with Crippen molar-refractivity contribution in [3.05, 3.63) is 52.2 Å². The molecule has 0 atom stereocenters. The topological polar surface area (TPSA) is 49.1 Å². The van der Waals surface area contributed by atoms with Gasteiger partial charge in [-0.3, -0.25) is 4.79 Å². The largest absolute Gasteiger partial charge is 0.440 e. The Morgan fingerprint density at radius 2 is 1.79 bits per heavy atom. The third-order valence-electron chi connectivity index (χ3n) is 4.76. The molecule has 1 saturated heterocycles. The number of hydrogen-bond donors (Lipinski definition) is 0. The van der Waals surface area contributed by atoms with E-state index in [2.05, 4.69) is 21.0 Å². The lowest BCUT2D eigenvalue weighted by Gasteiger charge is -2.26. The lowest BCUT2D eigenvalue weighted by atomic mass is 10.1. The van der Waals surface area contributed by atoms with Crippen molar-refractivity contribution < 1.29 is 22.4 Å². The van der Waals surface area contributed by atoms with Gasteiger partial charge in [0.05, 0.1) is 15.7 Å². The van der Waals surface area contributed by atoms with E-state index >= 15 is 0 Å². The van der Waals surface area contributed by atoms with Crippen LogP contribution < -0.4 is 9.91 Å². The van der Waals surface area contributed by atoms with Crippen LogP contribution in [0.5, 0.6) is 0 Å². The van der Waals surface area contributed by atoms with Gasteiger partial charge in [-0.05, 0) is 53.4 Å². The summed E-state index contributed by atoms with van der Waals surface area (Å²) in [5, 5.41) is 4.31. The summed E-state index contributed by atoms with van der Waals surface area (Å²) in [5.74, 6) is -0.129. The van der Waals surface area contributed by atoms with Gasteiger partial charge in [-0.15, -0.1) is 0 Å². The van der Waals surface area contributed by atoms with Crippen molar-refractivity contribution in [2.75, 3.05) is 23.0 Å². The molecule has 0 bridgehead atoms. The number of hydrazone groups is 1. The fraction of sp³-hybridized carbons (Fsp3) is 0.300. The minimum atomic E-state index is -4.77. The predicted octanol–water partition coefficient (Wildman–Crippen LogP) is 5.38. The molecule has 0 spiro atoms. The molecule has 3 heterocycles. The number of hydrogen-bond acceptors (Lipinski definition) is 4. The quantitative estimate of drug-likeness (QED) is 0.569. The number of carbonyl (C=O) groups excluding carboxylic acids is 1. The van der Waals surface area contributed by atoms with E-state index in [9.17, 15) is 18.0 Å². The average Bonchev–Trinajstić information content (AvgIpc) is 3.23. The van der Waals surface area contributed by atoms with Gasteiger partial charge in [0.2, 0.25) is 5.88 Å². The molecule has 1 fully saturated rings. The number of furan rings is 1. The summed E-state index contributed by atoms with van der Waals surface area (Å²) in [4.78, 5) is 14.8.